The Bertz CT molecular complexity index is 580. The van der Waals surface area contributed by atoms with Crippen molar-refractivity contribution in [2.75, 3.05) is 18.9 Å². The number of hydrogen-bond donors (Lipinski definition) is 3. The molecule has 0 bridgehead atoms. The Morgan fingerprint density at radius 1 is 1.33 bits per heavy atom. The molecule has 0 heterocycles. The summed E-state index contributed by atoms with van der Waals surface area (Å²) in [5.74, 6) is 0. The van der Waals surface area contributed by atoms with Crippen LogP contribution in [0.25, 0.3) is 0 Å². The van der Waals surface area contributed by atoms with Gasteiger partial charge in [0, 0.05) is 18.2 Å². The summed E-state index contributed by atoms with van der Waals surface area (Å²) in [6, 6.07) is 2.68. The predicted molar refractivity (Wildman–Crippen MR) is 86.2 cm³/mol. The lowest BCUT2D eigenvalue weighted by atomic mass is 9.88. The maximum atomic E-state index is 12.3. The van der Waals surface area contributed by atoms with E-state index in [1.807, 2.05) is 13.8 Å². The lowest BCUT2D eigenvalue weighted by Gasteiger charge is -2.24. The minimum absolute atomic E-state index is 0.00756. The number of rotatable bonds is 7. The lowest BCUT2D eigenvalue weighted by molar-refractivity contribution is 0.242. The molecule has 0 radical (unpaired) electrons. The molecule has 4 N–H and O–H groups in total. The molecular weight excluding hydrogens is 335 g/mol. The van der Waals surface area contributed by atoms with E-state index in [0.29, 0.717) is 12.8 Å². The fraction of sp³-hybridized carbons (Fsp3) is 0.538. The fourth-order valence-corrected chi connectivity index (χ4v) is 4.10. The van der Waals surface area contributed by atoms with Gasteiger partial charge in [0.25, 0.3) is 0 Å². The van der Waals surface area contributed by atoms with Gasteiger partial charge in [0.1, 0.15) is 4.90 Å². The Morgan fingerprint density at radius 3 is 2.48 bits per heavy atom. The third-order valence-electron chi connectivity index (χ3n) is 3.06. The summed E-state index contributed by atoms with van der Waals surface area (Å²) < 4.78 is 27.2. The van der Waals surface area contributed by atoms with Gasteiger partial charge in [0.15, 0.2) is 0 Å². The number of aliphatic hydroxyl groups excluding tert-OH is 1. The summed E-state index contributed by atoms with van der Waals surface area (Å²) in [6.45, 7) is 4.12. The Balaban J connectivity index is 2.93. The number of aliphatic hydroxyl groups is 1. The number of nitrogen functional groups attached to an aromatic ring is 1. The van der Waals surface area contributed by atoms with E-state index < -0.39 is 10.0 Å². The molecule has 0 aromatic heterocycles. The van der Waals surface area contributed by atoms with E-state index in [2.05, 4.69) is 4.72 Å². The molecule has 5 nitrogen and oxygen atoms in total. The molecule has 1 rings (SSSR count). The summed E-state index contributed by atoms with van der Waals surface area (Å²) in [4.78, 5) is -0.161. The predicted octanol–water partition coefficient (Wildman–Crippen LogP) is 2.65. The smallest absolute Gasteiger partial charge is 0.244 e. The van der Waals surface area contributed by atoms with E-state index in [4.69, 9.17) is 34.0 Å². The van der Waals surface area contributed by atoms with Crippen LogP contribution in [0.1, 0.15) is 26.7 Å². The molecule has 0 atom stereocenters. The number of anilines is 1. The van der Waals surface area contributed by atoms with Crippen LogP contribution in [0.5, 0.6) is 0 Å². The average molecular weight is 355 g/mol. The summed E-state index contributed by atoms with van der Waals surface area (Å²) in [5, 5.41) is 9.11. The Labute approximate surface area is 135 Å². The molecule has 21 heavy (non-hydrogen) atoms. The third-order valence-corrected chi connectivity index (χ3v) is 5.20. The highest BCUT2D eigenvalue weighted by molar-refractivity contribution is 7.89. The molecule has 0 aliphatic rings. The van der Waals surface area contributed by atoms with Crippen molar-refractivity contribution in [1.82, 2.24) is 4.72 Å². The van der Waals surface area contributed by atoms with Gasteiger partial charge in [-0.05, 0) is 30.4 Å². The number of benzene rings is 1. The average Bonchev–Trinajstić information content (AvgIpc) is 2.33. The van der Waals surface area contributed by atoms with Gasteiger partial charge in [0.2, 0.25) is 10.0 Å². The molecule has 0 saturated heterocycles. The minimum Gasteiger partial charge on any atom is -0.398 e. The lowest BCUT2D eigenvalue weighted by Crippen LogP contribution is -2.34. The molecule has 120 valence electrons. The van der Waals surface area contributed by atoms with Crippen molar-refractivity contribution >= 4 is 38.9 Å². The van der Waals surface area contributed by atoms with Crippen molar-refractivity contribution in [2.45, 2.75) is 31.6 Å². The first-order chi connectivity index (χ1) is 9.59. The van der Waals surface area contributed by atoms with Crippen LogP contribution in [0.15, 0.2) is 17.0 Å². The molecule has 8 heteroatoms. The van der Waals surface area contributed by atoms with Crippen LogP contribution in [-0.4, -0.2) is 26.7 Å². The molecule has 0 unspecified atom stereocenters. The Hall–Kier alpha value is -0.530. The second kappa shape index (κ2) is 7.15. The number of halogens is 2. The van der Waals surface area contributed by atoms with Crippen LogP contribution in [0.4, 0.5) is 5.69 Å². The van der Waals surface area contributed by atoms with Crippen LogP contribution >= 0.6 is 23.2 Å². The van der Waals surface area contributed by atoms with Gasteiger partial charge in [-0.15, -0.1) is 0 Å². The summed E-state index contributed by atoms with van der Waals surface area (Å²) in [6.07, 6.45) is 1.30. The number of nitrogens with one attached hydrogen (secondary N) is 1. The zero-order valence-corrected chi connectivity index (χ0v) is 14.3. The summed E-state index contributed by atoms with van der Waals surface area (Å²) >= 11 is 11.7. The zero-order valence-electron chi connectivity index (χ0n) is 12.0. The zero-order chi connectivity index (χ0) is 16.3. The monoisotopic (exact) mass is 354 g/mol. The normalized spacial score (nSPS) is 12.6. The highest BCUT2D eigenvalue weighted by atomic mass is 35.5. The van der Waals surface area contributed by atoms with Crippen LogP contribution in [0.3, 0.4) is 0 Å². The van der Waals surface area contributed by atoms with Gasteiger partial charge >= 0.3 is 0 Å². The second-order valence-electron chi connectivity index (χ2n) is 5.62. The summed E-state index contributed by atoms with van der Waals surface area (Å²) in [5.41, 5.74) is 5.43. The Morgan fingerprint density at radius 2 is 1.95 bits per heavy atom. The van der Waals surface area contributed by atoms with Gasteiger partial charge in [-0.3, -0.25) is 0 Å². The van der Waals surface area contributed by atoms with Crippen molar-refractivity contribution in [2.24, 2.45) is 5.41 Å². The van der Waals surface area contributed by atoms with Crippen molar-refractivity contribution in [1.29, 1.82) is 0 Å². The number of nitrogens with two attached hydrogens (primary N) is 1. The van der Waals surface area contributed by atoms with Crippen LogP contribution in [0.2, 0.25) is 10.0 Å². The number of hydrogen-bond acceptors (Lipinski definition) is 4. The molecule has 0 amide bonds. The third kappa shape index (κ3) is 5.30. The molecule has 0 spiro atoms. The standard InChI is InChI=1S/C13H20Cl2N2O3S/c1-13(2,4-3-5-18)8-17-21(19,20)12-10(15)6-9(14)7-11(12)16/h6-7,17-18H,3-5,8,16H2,1-2H3. The van der Waals surface area contributed by atoms with Crippen LogP contribution in [-0.2, 0) is 10.0 Å². The second-order valence-corrected chi connectivity index (χ2v) is 8.17. The van der Waals surface area contributed by atoms with Crippen molar-refractivity contribution in [3.63, 3.8) is 0 Å². The van der Waals surface area contributed by atoms with Gasteiger partial charge in [-0.1, -0.05) is 37.0 Å². The first-order valence-corrected chi connectivity index (χ1v) is 8.68. The van der Waals surface area contributed by atoms with Crippen LogP contribution in [0, 0.1) is 5.41 Å². The molecule has 1 aromatic carbocycles. The van der Waals surface area contributed by atoms with E-state index in [1.54, 1.807) is 0 Å². The maximum Gasteiger partial charge on any atom is 0.244 e. The van der Waals surface area contributed by atoms with E-state index in [0.717, 1.165) is 0 Å². The van der Waals surface area contributed by atoms with Crippen molar-refractivity contribution in [3.8, 4) is 0 Å². The van der Waals surface area contributed by atoms with Crippen LogP contribution < -0.4 is 10.5 Å². The molecule has 0 aliphatic heterocycles. The molecular formula is C13H20Cl2N2O3S. The van der Waals surface area contributed by atoms with Gasteiger partial charge in [-0.2, -0.15) is 0 Å². The largest absolute Gasteiger partial charge is 0.398 e. The Kier molecular flexibility index (Phi) is 6.31. The highest BCUT2D eigenvalue weighted by Crippen LogP contribution is 2.31. The fourth-order valence-electron chi connectivity index (χ4n) is 1.87. The first kappa shape index (κ1) is 18.5. The van der Waals surface area contributed by atoms with Gasteiger partial charge in [0.05, 0.1) is 10.7 Å². The minimum atomic E-state index is -3.82. The first-order valence-electron chi connectivity index (χ1n) is 6.44. The molecule has 1 aromatic rings. The van der Waals surface area contributed by atoms with E-state index in [9.17, 15) is 8.42 Å². The van der Waals surface area contributed by atoms with Crippen molar-refractivity contribution < 1.29 is 13.5 Å². The van der Waals surface area contributed by atoms with E-state index in [1.165, 1.54) is 12.1 Å². The summed E-state index contributed by atoms with van der Waals surface area (Å²) in [7, 11) is -3.82. The van der Waals surface area contributed by atoms with E-state index >= 15 is 0 Å². The molecule has 0 fully saturated rings. The quantitative estimate of drug-likeness (QED) is 0.656. The number of sulfonamides is 1. The van der Waals surface area contributed by atoms with E-state index in [-0.39, 0.29) is 39.2 Å². The topological polar surface area (TPSA) is 92.4 Å². The highest BCUT2D eigenvalue weighted by Gasteiger charge is 2.25. The maximum absolute atomic E-state index is 12.3. The molecule has 0 saturated carbocycles. The molecule has 0 aliphatic carbocycles. The van der Waals surface area contributed by atoms with Gasteiger partial charge in [-0.25, -0.2) is 13.1 Å². The van der Waals surface area contributed by atoms with Crippen molar-refractivity contribution in [3.05, 3.63) is 22.2 Å². The van der Waals surface area contributed by atoms with Gasteiger partial charge < -0.3 is 10.8 Å². The SMILES string of the molecule is CC(C)(CCCO)CNS(=O)(=O)c1c(N)cc(Cl)cc1Cl.